The number of amides is 1. The van der Waals surface area contributed by atoms with E-state index in [0.29, 0.717) is 25.7 Å². The summed E-state index contributed by atoms with van der Waals surface area (Å²) >= 11 is 0. The monoisotopic (exact) mass is 252 g/mol. The van der Waals surface area contributed by atoms with Gasteiger partial charge in [0.1, 0.15) is 12.7 Å². The van der Waals surface area contributed by atoms with Crippen molar-refractivity contribution in [3.63, 3.8) is 0 Å². The van der Waals surface area contributed by atoms with E-state index in [0.717, 1.165) is 25.9 Å². The van der Waals surface area contributed by atoms with E-state index >= 15 is 0 Å². The molecule has 0 aliphatic carbocycles. The Hall–Kier alpha value is -1.43. The Kier molecular flexibility index (Phi) is 4.69. The van der Waals surface area contributed by atoms with Crippen molar-refractivity contribution in [3.05, 3.63) is 12.7 Å². The first kappa shape index (κ1) is 13.0. The second-order valence-electron chi connectivity index (χ2n) is 4.47. The van der Waals surface area contributed by atoms with Crippen LogP contribution >= 0.6 is 0 Å². The first-order chi connectivity index (χ1) is 8.81. The summed E-state index contributed by atoms with van der Waals surface area (Å²) in [7, 11) is 0. The van der Waals surface area contributed by atoms with Crippen LogP contribution in [0.5, 0.6) is 0 Å². The molecule has 0 aromatic carbocycles. The molecule has 1 aliphatic rings. The predicted molar refractivity (Wildman–Crippen MR) is 66.0 cm³/mol. The topological polar surface area (TPSA) is 60.2 Å². The Balaban J connectivity index is 1.74. The number of rotatable bonds is 5. The zero-order chi connectivity index (χ0) is 12.8. The van der Waals surface area contributed by atoms with Crippen LogP contribution in [0.2, 0.25) is 0 Å². The number of hydrogen-bond acceptors (Lipinski definition) is 4. The molecule has 2 heterocycles. The standard InChI is InChI=1S/C12H20N4O2/c1-2-18-8-5-12(17)15-6-3-11(4-7-15)16-9-13-14-10-16/h9-11H,2-8H2,1H3. The maximum Gasteiger partial charge on any atom is 0.224 e. The first-order valence-electron chi connectivity index (χ1n) is 6.51. The molecule has 6 nitrogen and oxygen atoms in total. The van der Waals surface area contributed by atoms with E-state index in [9.17, 15) is 4.79 Å². The second kappa shape index (κ2) is 6.49. The third kappa shape index (κ3) is 3.29. The predicted octanol–water partition coefficient (Wildman–Crippen LogP) is 0.868. The van der Waals surface area contributed by atoms with Crippen LogP contribution in [0.25, 0.3) is 0 Å². The summed E-state index contributed by atoms with van der Waals surface area (Å²) in [6.45, 7) is 4.76. The molecule has 1 fully saturated rings. The van der Waals surface area contributed by atoms with Gasteiger partial charge >= 0.3 is 0 Å². The molecular weight excluding hydrogens is 232 g/mol. The third-order valence-electron chi connectivity index (χ3n) is 3.34. The number of carbonyl (C=O) groups is 1. The van der Waals surface area contributed by atoms with Gasteiger partial charge in [-0.25, -0.2) is 0 Å². The van der Waals surface area contributed by atoms with Gasteiger partial charge in [-0.3, -0.25) is 4.79 Å². The zero-order valence-electron chi connectivity index (χ0n) is 10.8. The van der Waals surface area contributed by atoms with Gasteiger partial charge in [0.05, 0.1) is 13.0 Å². The summed E-state index contributed by atoms with van der Waals surface area (Å²) in [6, 6.07) is 0.427. The van der Waals surface area contributed by atoms with Gasteiger partial charge in [0, 0.05) is 25.7 Å². The summed E-state index contributed by atoms with van der Waals surface area (Å²) in [4.78, 5) is 13.8. The highest BCUT2D eigenvalue weighted by atomic mass is 16.5. The highest BCUT2D eigenvalue weighted by Crippen LogP contribution is 2.21. The lowest BCUT2D eigenvalue weighted by molar-refractivity contribution is -0.133. The minimum absolute atomic E-state index is 0.200. The number of hydrogen-bond donors (Lipinski definition) is 0. The molecule has 18 heavy (non-hydrogen) atoms. The molecule has 1 aromatic rings. The average molecular weight is 252 g/mol. The smallest absolute Gasteiger partial charge is 0.224 e. The Morgan fingerprint density at radius 1 is 1.33 bits per heavy atom. The van der Waals surface area contributed by atoms with E-state index < -0.39 is 0 Å². The Morgan fingerprint density at radius 2 is 2.00 bits per heavy atom. The van der Waals surface area contributed by atoms with Crippen molar-refractivity contribution in [2.24, 2.45) is 0 Å². The van der Waals surface area contributed by atoms with Crippen LogP contribution in [0.1, 0.15) is 32.2 Å². The SMILES string of the molecule is CCOCCC(=O)N1CCC(n2cnnc2)CC1. The van der Waals surface area contributed by atoms with Crippen molar-refractivity contribution < 1.29 is 9.53 Å². The van der Waals surface area contributed by atoms with Crippen molar-refractivity contribution >= 4 is 5.91 Å². The van der Waals surface area contributed by atoms with Crippen molar-refractivity contribution in [2.75, 3.05) is 26.3 Å². The average Bonchev–Trinajstić information content (AvgIpc) is 2.93. The largest absolute Gasteiger partial charge is 0.381 e. The van der Waals surface area contributed by atoms with Gasteiger partial charge in [-0.05, 0) is 19.8 Å². The van der Waals surface area contributed by atoms with Crippen LogP contribution < -0.4 is 0 Å². The van der Waals surface area contributed by atoms with Crippen LogP contribution in [0.4, 0.5) is 0 Å². The van der Waals surface area contributed by atoms with Crippen molar-refractivity contribution in [1.82, 2.24) is 19.7 Å². The van der Waals surface area contributed by atoms with Crippen LogP contribution in [0.3, 0.4) is 0 Å². The van der Waals surface area contributed by atoms with Crippen LogP contribution in [-0.2, 0) is 9.53 Å². The minimum Gasteiger partial charge on any atom is -0.381 e. The fourth-order valence-electron chi connectivity index (χ4n) is 2.27. The summed E-state index contributed by atoms with van der Waals surface area (Å²) in [5.41, 5.74) is 0. The Morgan fingerprint density at radius 3 is 2.61 bits per heavy atom. The van der Waals surface area contributed by atoms with Crippen molar-refractivity contribution in [1.29, 1.82) is 0 Å². The van der Waals surface area contributed by atoms with E-state index in [4.69, 9.17) is 4.74 Å². The highest BCUT2D eigenvalue weighted by molar-refractivity contribution is 5.76. The number of ether oxygens (including phenoxy) is 1. The fourth-order valence-corrected chi connectivity index (χ4v) is 2.27. The zero-order valence-corrected chi connectivity index (χ0v) is 10.8. The molecular formula is C12H20N4O2. The van der Waals surface area contributed by atoms with Gasteiger partial charge in [0.25, 0.3) is 0 Å². The van der Waals surface area contributed by atoms with Gasteiger partial charge in [-0.1, -0.05) is 0 Å². The van der Waals surface area contributed by atoms with E-state index in [2.05, 4.69) is 10.2 Å². The normalized spacial score (nSPS) is 17.1. The van der Waals surface area contributed by atoms with E-state index in [-0.39, 0.29) is 5.91 Å². The summed E-state index contributed by atoms with van der Waals surface area (Å²) in [6.07, 6.45) is 5.93. The molecule has 6 heteroatoms. The van der Waals surface area contributed by atoms with Crippen LogP contribution in [0, 0.1) is 0 Å². The Bertz CT molecular complexity index is 358. The summed E-state index contributed by atoms with van der Waals surface area (Å²) in [5.74, 6) is 0.200. The van der Waals surface area contributed by atoms with Gasteiger partial charge in [-0.2, -0.15) is 0 Å². The molecule has 0 radical (unpaired) electrons. The summed E-state index contributed by atoms with van der Waals surface area (Å²) in [5, 5.41) is 7.63. The van der Waals surface area contributed by atoms with E-state index in [1.165, 1.54) is 0 Å². The van der Waals surface area contributed by atoms with Gasteiger partial charge in [0.15, 0.2) is 0 Å². The molecule has 0 N–H and O–H groups in total. The quantitative estimate of drug-likeness (QED) is 0.729. The van der Waals surface area contributed by atoms with E-state index in [1.54, 1.807) is 12.7 Å². The number of carbonyl (C=O) groups excluding carboxylic acids is 1. The maximum atomic E-state index is 11.9. The molecule has 0 saturated carbocycles. The van der Waals surface area contributed by atoms with Gasteiger partial charge < -0.3 is 14.2 Å². The third-order valence-corrected chi connectivity index (χ3v) is 3.34. The van der Waals surface area contributed by atoms with E-state index in [1.807, 2.05) is 16.4 Å². The second-order valence-corrected chi connectivity index (χ2v) is 4.47. The van der Waals surface area contributed by atoms with Crippen LogP contribution in [-0.4, -0.2) is 51.9 Å². The molecule has 2 rings (SSSR count). The van der Waals surface area contributed by atoms with Gasteiger partial charge in [-0.15, -0.1) is 10.2 Å². The lowest BCUT2D eigenvalue weighted by atomic mass is 10.0. The number of piperidine rings is 1. The molecule has 0 spiro atoms. The lowest BCUT2D eigenvalue weighted by Crippen LogP contribution is -2.39. The molecule has 1 aliphatic heterocycles. The first-order valence-corrected chi connectivity index (χ1v) is 6.51. The number of nitrogens with zero attached hydrogens (tertiary/aromatic N) is 4. The summed E-state index contributed by atoms with van der Waals surface area (Å²) < 4.78 is 7.24. The number of aromatic nitrogens is 3. The molecule has 1 aromatic heterocycles. The Labute approximate surface area is 107 Å². The van der Waals surface area contributed by atoms with Crippen molar-refractivity contribution in [3.8, 4) is 0 Å². The lowest BCUT2D eigenvalue weighted by Gasteiger charge is -2.32. The maximum absolute atomic E-state index is 11.9. The molecule has 1 amide bonds. The molecule has 1 saturated heterocycles. The molecule has 0 bridgehead atoms. The fraction of sp³-hybridized carbons (Fsp3) is 0.750. The highest BCUT2D eigenvalue weighted by Gasteiger charge is 2.23. The molecule has 0 unspecified atom stereocenters. The molecule has 0 atom stereocenters. The van der Waals surface area contributed by atoms with Crippen molar-refractivity contribution in [2.45, 2.75) is 32.2 Å². The minimum atomic E-state index is 0.200. The number of likely N-dealkylation sites (tertiary alicyclic amines) is 1. The van der Waals surface area contributed by atoms with Crippen LogP contribution in [0.15, 0.2) is 12.7 Å². The van der Waals surface area contributed by atoms with Gasteiger partial charge in [0.2, 0.25) is 5.91 Å². The molecule has 100 valence electrons.